The maximum Gasteiger partial charge on any atom is 0.257 e. The highest BCUT2D eigenvalue weighted by atomic mass is 35.5. The van der Waals surface area contributed by atoms with Gasteiger partial charge in [0.25, 0.3) is 5.91 Å². The summed E-state index contributed by atoms with van der Waals surface area (Å²) >= 11 is 11.8. The van der Waals surface area contributed by atoms with Gasteiger partial charge in [0.05, 0.1) is 26.2 Å². The SMILES string of the molecule is NS(=O)(=O)c1ccc(NC(=O)c2ccncc2Cl)c(Cl)c1. The van der Waals surface area contributed by atoms with Crippen LogP contribution in [0.4, 0.5) is 5.69 Å². The third kappa shape index (κ3) is 3.70. The van der Waals surface area contributed by atoms with Gasteiger partial charge < -0.3 is 5.32 Å². The van der Waals surface area contributed by atoms with Crippen molar-refractivity contribution in [2.45, 2.75) is 4.90 Å². The maximum atomic E-state index is 12.0. The van der Waals surface area contributed by atoms with Gasteiger partial charge in [-0.2, -0.15) is 0 Å². The number of pyridine rings is 1. The van der Waals surface area contributed by atoms with E-state index in [1.807, 2.05) is 0 Å². The standard InChI is InChI=1S/C12H9Cl2N3O3S/c13-9-5-7(21(15,19)20)1-2-11(9)17-12(18)8-3-4-16-6-10(8)14/h1-6H,(H,17,18)(H2,15,19,20). The van der Waals surface area contributed by atoms with Crippen LogP contribution in [0.15, 0.2) is 41.6 Å². The number of benzene rings is 1. The molecule has 0 aliphatic rings. The van der Waals surface area contributed by atoms with Crippen LogP contribution in [0, 0.1) is 0 Å². The van der Waals surface area contributed by atoms with Crippen molar-refractivity contribution in [2.75, 3.05) is 5.32 Å². The van der Waals surface area contributed by atoms with Gasteiger partial charge in [0, 0.05) is 12.4 Å². The molecule has 0 spiro atoms. The molecule has 0 bridgehead atoms. The van der Waals surface area contributed by atoms with Crippen molar-refractivity contribution in [3.8, 4) is 0 Å². The number of rotatable bonds is 3. The summed E-state index contributed by atoms with van der Waals surface area (Å²) in [7, 11) is -3.86. The van der Waals surface area contributed by atoms with Crippen LogP contribution in [-0.4, -0.2) is 19.3 Å². The lowest BCUT2D eigenvalue weighted by Gasteiger charge is -2.09. The Morgan fingerprint density at radius 3 is 2.48 bits per heavy atom. The summed E-state index contributed by atoms with van der Waals surface area (Å²) in [5.41, 5.74) is 0.459. The quantitative estimate of drug-likeness (QED) is 0.890. The minimum absolute atomic E-state index is 0.0417. The lowest BCUT2D eigenvalue weighted by atomic mass is 10.2. The molecule has 0 radical (unpaired) electrons. The van der Waals surface area contributed by atoms with E-state index in [2.05, 4.69) is 10.3 Å². The Balaban J connectivity index is 2.29. The molecule has 2 rings (SSSR count). The second kappa shape index (κ2) is 5.98. The summed E-state index contributed by atoms with van der Waals surface area (Å²) < 4.78 is 22.4. The highest BCUT2D eigenvalue weighted by Gasteiger charge is 2.14. The van der Waals surface area contributed by atoms with Crippen molar-refractivity contribution in [1.29, 1.82) is 0 Å². The Bertz CT molecular complexity index is 809. The summed E-state index contributed by atoms with van der Waals surface area (Å²) in [6.45, 7) is 0. The zero-order valence-corrected chi connectivity index (χ0v) is 12.7. The van der Waals surface area contributed by atoms with Gasteiger partial charge in [0.15, 0.2) is 0 Å². The van der Waals surface area contributed by atoms with Crippen LogP contribution < -0.4 is 10.5 Å². The van der Waals surface area contributed by atoms with Crippen LogP contribution in [0.25, 0.3) is 0 Å². The molecule has 0 saturated heterocycles. The number of nitrogens with two attached hydrogens (primary N) is 1. The number of hydrogen-bond acceptors (Lipinski definition) is 4. The molecule has 0 unspecified atom stereocenters. The van der Waals surface area contributed by atoms with Gasteiger partial charge in [-0.15, -0.1) is 0 Å². The monoisotopic (exact) mass is 345 g/mol. The molecule has 1 aromatic heterocycles. The summed E-state index contributed by atoms with van der Waals surface area (Å²) in [4.78, 5) is 15.7. The highest BCUT2D eigenvalue weighted by Crippen LogP contribution is 2.26. The van der Waals surface area contributed by atoms with Crippen molar-refractivity contribution in [2.24, 2.45) is 5.14 Å². The number of sulfonamides is 1. The second-order valence-corrected chi connectivity index (χ2v) is 6.37. The first kappa shape index (κ1) is 15.7. The molecule has 1 amide bonds. The van der Waals surface area contributed by atoms with Crippen molar-refractivity contribution < 1.29 is 13.2 Å². The minimum Gasteiger partial charge on any atom is -0.321 e. The van der Waals surface area contributed by atoms with Crippen LogP contribution in [-0.2, 0) is 10.0 Å². The first-order valence-electron chi connectivity index (χ1n) is 5.52. The van der Waals surface area contributed by atoms with Crippen molar-refractivity contribution in [1.82, 2.24) is 4.98 Å². The number of halogens is 2. The van der Waals surface area contributed by atoms with E-state index in [0.717, 1.165) is 6.07 Å². The molecule has 9 heteroatoms. The van der Waals surface area contributed by atoms with Gasteiger partial charge in [-0.25, -0.2) is 13.6 Å². The van der Waals surface area contributed by atoms with Gasteiger partial charge in [-0.3, -0.25) is 9.78 Å². The van der Waals surface area contributed by atoms with Crippen molar-refractivity contribution >= 4 is 44.8 Å². The summed E-state index contributed by atoms with van der Waals surface area (Å²) in [6.07, 6.45) is 2.76. The number of carbonyl (C=O) groups is 1. The van der Waals surface area contributed by atoms with E-state index in [-0.39, 0.29) is 26.2 Å². The van der Waals surface area contributed by atoms with E-state index >= 15 is 0 Å². The number of nitrogens with zero attached hydrogens (tertiary/aromatic N) is 1. The second-order valence-electron chi connectivity index (χ2n) is 4.00. The average molecular weight is 346 g/mol. The molecule has 110 valence electrons. The molecular weight excluding hydrogens is 337 g/mol. The van der Waals surface area contributed by atoms with Gasteiger partial charge in [0.2, 0.25) is 10.0 Å². The fourth-order valence-corrected chi connectivity index (χ4v) is 2.56. The molecule has 0 saturated carbocycles. The molecule has 3 N–H and O–H groups in total. The van der Waals surface area contributed by atoms with Gasteiger partial charge >= 0.3 is 0 Å². The Hall–Kier alpha value is -1.67. The van der Waals surface area contributed by atoms with Gasteiger partial charge in [-0.1, -0.05) is 23.2 Å². The van der Waals surface area contributed by atoms with Crippen molar-refractivity contribution in [3.05, 3.63) is 52.3 Å². The lowest BCUT2D eigenvalue weighted by molar-refractivity contribution is 0.102. The summed E-state index contributed by atoms with van der Waals surface area (Å²) in [6, 6.07) is 5.19. The van der Waals surface area contributed by atoms with Gasteiger partial charge in [-0.05, 0) is 24.3 Å². The first-order chi connectivity index (χ1) is 9.79. The first-order valence-corrected chi connectivity index (χ1v) is 7.82. The highest BCUT2D eigenvalue weighted by molar-refractivity contribution is 7.89. The normalized spacial score (nSPS) is 11.2. The van der Waals surface area contributed by atoms with Crippen LogP contribution in [0.1, 0.15) is 10.4 Å². The molecule has 1 heterocycles. The molecule has 6 nitrogen and oxygen atoms in total. The van der Waals surface area contributed by atoms with Gasteiger partial charge in [0.1, 0.15) is 0 Å². The fourth-order valence-electron chi connectivity index (χ4n) is 1.52. The third-order valence-electron chi connectivity index (χ3n) is 2.53. The smallest absolute Gasteiger partial charge is 0.257 e. The van der Waals surface area contributed by atoms with E-state index in [0.29, 0.717) is 0 Å². The van der Waals surface area contributed by atoms with E-state index in [1.165, 1.54) is 30.6 Å². The number of nitrogens with one attached hydrogen (secondary N) is 1. The Labute approximate surface area is 130 Å². The van der Waals surface area contributed by atoms with E-state index in [9.17, 15) is 13.2 Å². The van der Waals surface area contributed by atoms with Crippen LogP contribution >= 0.6 is 23.2 Å². The van der Waals surface area contributed by atoms with E-state index < -0.39 is 15.9 Å². The predicted octanol–water partition coefficient (Wildman–Crippen LogP) is 2.29. The Morgan fingerprint density at radius 1 is 1.19 bits per heavy atom. The average Bonchev–Trinajstić information content (AvgIpc) is 2.40. The molecule has 0 atom stereocenters. The summed E-state index contributed by atoms with van der Waals surface area (Å²) in [5, 5.41) is 7.75. The number of anilines is 1. The topological polar surface area (TPSA) is 102 Å². The van der Waals surface area contributed by atoms with E-state index in [4.69, 9.17) is 28.3 Å². The molecule has 0 aliphatic heterocycles. The molecule has 0 aliphatic carbocycles. The third-order valence-corrected chi connectivity index (χ3v) is 4.06. The lowest BCUT2D eigenvalue weighted by Crippen LogP contribution is -2.14. The van der Waals surface area contributed by atoms with Crippen LogP contribution in [0.3, 0.4) is 0 Å². The summed E-state index contributed by atoms with van der Waals surface area (Å²) in [5.74, 6) is -0.493. The fraction of sp³-hybridized carbons (Fsp3) is 0. The number of primary sulfonamides is 1. The largest absolute Gasteiger partial charge is 0.321 e. The molecule has 21 heavy (non-hydrogen) atoms. The number of amides is 1. The number of hydrogen-bond donors (Lipinski definition) is 2. The Morgan fingerprint density at radius 2 is 1.90 bits per heavy atom. The zero-order chi connectivity index (χ0) is 15.6. The number of aromatic nitrogens is 1. The molecular formula is C12H9Cl2N3O3S. The number of carbonyl (C=O) groups excluding carboxylic acids is 1. The minimum atomic E-state index is -3.86. The predicted molar refractivity (Wildman–Crippen MR) is 80.0 cm³/mol. The van der Waals surface area contributed by atoms with Crippen LogP contribution in [0.5, 0.6) is 0 Å². The maximum absolute atomic E-state index is 12.0. The molecule has 0 fully saturated rings. The zero-order valence-electron chi connectivity index (χ0n) is 10.4. The molecule has 1 aromatic carbocycles. The Kier molecular flexibility index (Phi) is 4.48. The van der Waals surface area contributed by atoms with E-state index in [1.54, 1.807) is 0 Å². The molecule has 2 aromatic rings. The van der Waals surface area contributed by atoms with Crippen molar-refractivity contribution in [3.63, 3.8) is 0 Å². The van der Waals surface area contributed by atoms with Crippen LogP contribution in [0.2, 0.25) is 10.0 Å².